The first kappa shape index (κ1) is 13.2. The number of carboxylic acid groups (broad SMARTS) is 1. The first-order valence-electron chi connectivity index (χ1n) is 5.79. The zero-order chi connectivity index (χ0) is 14.0. The third kappa shape index (κ3) is 2.62. The molecule has 0 atom stereocenters. The Hall–Kier alpha value is -2.24. The van der Waals surface area contributed by atoms with Gasteiger partial charge < -0.3 is 5.11 Å². The number of aromatic carboxylic acids is 1. The minimum atomic E-state index is -1.18. The fourth-order valence-electron chi connectivity index (χ4n) is 1.82. The molecule has 100 valence electrons. The van der Waals surface area contributed by atoms with E-state index < -0.39 is 17.6 Å². The molecule has 0 bridgehead atoms. The highest BCUT2D eigenvalue weighted by atomic mass is 19.1. The highest BCUT2D eigenvalue weighted by Crippen LogP contribution is 2.24. The summed E-state index contributed by atoms with van der Waals surface area (Å²) in [6.07, 6.45) is 0.719. The molecule has 0 amide bonds. The fourth-order valence-corrected chi connectivity index (χ4v) is 1.82. The molecule has 0 unspecified atom stereocenters. The molecule has 0 saturated heterocycles. The minimum Gasteiger partial charge on any atom is -0.476 e. The molecule has 6 heteroatoms. The lowest BCUT2D eigenvalue weighted by atomic mass is 10.1. The fraction of sp³-hybridized carbons (Fsp3) is 0.231. The van der Waals surface area contributed by atoms with Gasteiger partial charge in [-0.3, -0.25) is 4.68 Å². The van der Waals surface area contributed by atoms with Gasteiger partial charge in [-0.1, -0.05) is 6.92 Å². The topological polar surface area (TPSA) is 55.1 Å². The van der Waals surface area contributed by atoms with Crippen LogP contribution in [0, 0.1) is 11.6 Å². The normalized spacial score (nSPS) is 10.7. The van der Waals surface area contributed by atoms with Gasteiger partial charge in [0, 0.05) is 18.2 Å². The van der Waals surface area contributed by atoms with Crippen LogP contribution in [-0.4, -0.2) is 20.9 Å². The summed E-state index contributed by atoms with van der Waals surface area (Å²) in [6, 6.07) is 4.45. The maximum absolute atomic E-state index is 13.7. The molecule has 0 radical (unpaired) electrons. The minimum absolute atomic E-state index is 0.134. The quantitative estimate of drug-likeness (QED) is 0.925. The molecule has 2 aromatic rings. The van der Waals surface area contributed by atoms with Gasteiger partial charge in [-0.05, 0) is 24.6 Å². The zero-order valence-corrected chi connectivity index (χ0v) is 10.2. The van der Waals surface area contributed by atoms with Gasteiger partial charge in [0.15, 0.2) is 5.69 Å². The van der Waals surface area contributed by atoms with E-state index in [0.29, 0.717) is 12.2 Å². The highest BCUT2D eigenvalue weighted by molar-refractivity contribution is 5.87. The number of aromatic nitrogens is 2. The largest absolute Gasteiger partial charge is 0.476 e. The molecule has 2 rings (SSSR count). The van der Waals surface area contributed by atoms with E-state index in [-0.39, 0.29) is 11.3 Å². The molecule has 0 aliphatic rings. The Bertz CT molecular complexity index is 623. The third-order valence-electron chi connectivity index (χ3n) is 2.64. The molecule has 0 aliphatic heterocycles. The summed E-state index contributed by atoms with van der Waals surface area (Å²) in [4.78, 5) is 10.9. The lowest BCUT2D eigenvalue weighted by Gasteiger charge is -2.06. The zero-order valence-electron chi connectivity index (χ0n) is 10.2. The van der Waals surface area contributed by atoms with Crippen LogP contribution in [0.25, 0.3) is 11.3 Å². The van der Waals surface area contributed by atoms with E-state index in [4.69, 9.17) is 5.11 Å². The predicted molar refractivity (Wildman–Crippen MR) is 64.8 cm³/mol. The van der Waals surface area contributed by atoms with Crippen LogP contribution in [0.1, 0.15) is 23.8 Å². The maximum Gasteiger partial charge on any atom is 0.356 e. The Labute approximate surface area is 108 Å². The predicted octanol–water partition coefficient (Wildman–Crippen LogP) is 2.94. The maximum atomic E-state index is 13.7. The van der Waals surface area contributed by atoms with E-state index in [1.807, 2.05) is 6.92 Å². The molecule has 1 heterocycles. The van der Waals surface area contributed by atoms with Gasteiger partial charge >= 0.3 is 5.97 Å². The molecule has 19 heavy (non-hydrogen) atoms. The van der Waals surface area contributed by atoms with Crippen molar-refractivity contribution < 1.29 is 18.7 Å². The van der Waals surface area contributed by atoms with E-state index >= 15 is 0 Å². The number of hydrogen-bond donors (Lipinski definition) is 1. The monoisotopic (exact) mass is 266 g/mol. The Morgan fingerprint density at radius 2 is 2.11 bits per heavy atom. The van der Waals surface area contributed by atoms with Gasteiger partial charge in [0.1, 0.15) is 11.6 Å². The van der Waals surface area contributed by atoms with Gasteiger partial charge in [0.25, 0.3) is 0 Å². The first-order valence-corrected chi connectivity index (χ1v) is 5.79. The van der Waals surface area contributed by atoms with Crippen molar-refractivity contribution >= 4 is 5.97 Å². The van der Waals surface area contributed by atoms with E-state index in [1.165, 1.54) is 16.8 Å². The van der Waals surface area contributed by atoms with Gasteiger partial charge in [0.05, 0.1) is 5.69 Å². The molecule has 1 N–H and O–H groups in total. The second-order valence-corrected chi connectivity index (χ2v) is 4.07. The van der Waals surface area contributed by atoms with E-state index in [0.717, 1.165) is 18.6 Å². The highest BCUT2D eigenvalue weighted by Gasteiger charge is 2.17. The van der Waals surface area contributed by atoms with Gasteiger partial charge in [0.2, 0.25) is 0 Å². The van der Waals surface area contributed by atoms with Crippen molar-refractivity contribution in [1.82, 2.24) is 9.78 Å². The van der Waals surface area contributed by atoms with Crippen molar-refractivity contribution in [3.63, 3.8) is 0 Å². The SMILES string of the molecule is CCCn1nc(C(=O)O)cc1-c1ccc(F)cc1F. The summed E-state index contributed by atoms with van der Waals surface area (Å²) in [6.45, 7) is 2.35. The number of rotatable bonds is 4. The number of benzene rings is 1. The molecule has 0 fully saturated rings. The summed E-state index contributed by atoms with van der Waals surface area (Å²) >= 11 is 0. The summed E-state index contributed by atoms with van der Waals surface area (Å²) in [5.74, 6) is -2.60. The molecule has 1 aromatic carbocycles. The molecule has 1 aromatic heterocycles. The van der Waals surface area contributed by atoms with E-state index in [2.05, 4.69) is 5.10 Å². The van der Waals surface area contributed by atoms with E-state index in [9.17, 15) is 13.6 Å². The summed E-state index contributed by atoms with van der Waals surface area (Å²) in [7, 11) is 0. The van der Waals surface area contributed by atoms with Crippen LogP contribution < -0.4 is 0 Å². The number of carboxylic acids is 1. The van der Waals surface area contributed by atoms with E-state index in [1.54, 1.807) is 0 Å². The van der Waals surface area contributed by atoms with Crippen molar-refractivity contribution in [3.05, 3.63) is 41.6 Å². The van der Waals surface area contributed by atoms with Crippen LogP contribution in [0.2, 0.25) is 0 Å². The standard InChI is InChI=1S/C13H12F2N2O2/c1-2-5-17-12(7-11(16-17)13(18)19)9-4-3-8(14)6-10(9)15/h3-4,6-7H,2,5H2,1H3,(H,18,19). The smallest absolute Gasteiger partial charge is 0.356 e. The average molecular weight is 266 g/mol. The van der Waals surface area contributed by atoms with Gasteiger partial charge in [-0.25, -0.2) is 13.6 Å². The molecular formula is C13H12F2N2O2. The second-order valence-electron chi connectivity index (χ2n) is 4.07. The Kier molecular flexibility index (Phi) is 3.59. The molecule has 0 spiro atoms. The number of carbonyl (C=O) groups is 1. The second kappa shape index (κ2) is 5.17. The van der Waals surface area contributed by atoms with Crippen LogP contribution in [0.5, 0.6) is 0 Å². The Morgan fingerprint density at radius 3 is 2.68 bits per heavy atom. The lowest BCUT2D eigenvalue weighted by Crippen LogP contribution is -2.04. The van der Waals surface area contributed by atoms with Crippen LogP contribution in [0.4, 0.5) is 8.78 Å². The van der Waals surface area contributed by atoms with Crippen molar-refractivity contribution in [2.24, 2.45) is 0 Å². The number of aryl methyl sites for hydroxylation is 1. The van der Waals surface area contributed by atoms with Crippen LogP contribution in [0.3, 0.4) is 0 Å². The van der Waals surface area contributed by atoms with Crippen LogP contribution in [0.15, 0.2) is 24.3 Å². The van der Waals surface area contributed by atoms with Gasteiger partial charge in [-0.2, -0.15) is 5.10 Å². The molecule has 4 nitrogen and oxygen atoms in total. The van der Waals surface area contributed by atoms with Crippen LogP contribution in [-0.2, 0) is 6.54 Å². The van der Waals surface area contributed by atoms with Crippen molar-refractivity contribution in [2.75, 3.05) is 0 Å². The Balaban J connectivity index is 2.56. The molecule has 0 saturated carbocycles. The van der Waals surface area contributed by atoms with Gasteiger partial charge in [-0.15, -0.1) is 0 Å². The lowest BCUT2D eigenvalue weighted by molar-refractivity contribution is 0.0689. The summed E-state index contributed by atoms with van der Waals surface area (Å²) in [5, 5.41) is 12.8. The Morgan fingerprint density at radius 1 is 1.37 bits per heavy atom. The summed E-state index contributed by atoms with van der Waals surface area (Å²) < 4.78 is 28.0. The number of hydrogen-bond acceptors (Lipinski definition) is 2. The molecule has 0 aliphatic carbocycles. The first-order chi connectivity index (χ1) is 9.02. The number of halogens is 2. The molecular weight excluding hydrogens is 254 g/mol. The van der Waals surface area contributed by atoms with Crippen molar-refractivity contribution in [3.8, 4) is 11.3 Å². The summed E-state index contributed by atoms with van der Waals surface area (Å²) in [5.41, 5.74) is 0.304. The van der Waals surface area contributed by atoms with Crippen molar-refractivity contribution in [1.29, 1.82) is 0 Å². The third-order valence-corrected chi connectivity index (χ3v) is 2.64. The number of nitrogens with zero attached hydrogens (tertiary/aromatic N) is 2. The van der Waals surface area contributed by atoms with Crippen LogP contribution >= 0.6 is 0 Å². The average Bonchev–Trinajstić information content (AvgIpc) is 2.74. The van der Waals surface area contributed by atoms with Crippen molar-refractivity contribution in [2.45, 2.75) is 19.9 Å².